The Kier molecular flexibility index (Phi) is 6.63. The van der Waals surface area contributed by atoms with Crippen molar-refractivity contribution >= 4 is 28.8 Å². The van der Waals surface area contributed by atoms with Crippen molar-refractivity contribution in [3.05, 3.63) is 44.9 Å². The van der Waals surface area contributed by atoms with Gasteiger partial charge in [-0.3, -0.25) is 9.69 Å². The van der Waals surface area contributed by atoms with Gasteiger partial charge in [0.1, 0.15) is 5.75 Å². The van der Waals surface area contributed by atoms with Crippen LogP contribution in [0.25, 0.3) is 0 Å². The highest BCUT2D eigenvalue weighted by Gasteiger charge is 2.24. The fourth-order valence-electron chi connectivity index (χ4n) is 3.27. The number of hydrogen-bond acceptors (Lipinski definition) is 5. The molecular weight excluding hydrogens is 394 g/mol. The molecule has 1 amide bonds. The lowest BCUT2D eigenvalue weighted by Crippen LogP contribution is -2.48. The fourth-order valence-corrected chi connectivity index (χ4v) is 4.36. The van der Waals surface area contributed by atoms with Gasteiger partial charge in [-0.1, -0.05) is 32.4 Å². The predicted molar refractivity (Wildman–Crippen MR) is 114 cm³/mol. The van der Waals surface area contributed by atoms with Gasteiger partial charge in [0, 0.05) is 54.1 Å². The summed E-state index contributed by atoms with van der Waals surface area (Å²) < 4.78 is 5.35. The summed E-state index contributed by atoms with van der Waals surface area (Å²) >= 11 is 7.81. The molecule has 0 radical (unpaired) electrons. The first-order chi connectivity index (χ1) is 13.3. The van der Waals surface area contributed by atoms with Crippen LogP contribution >= 0.6 is 22.9 Å². The van der Waals surface area contributed by atoms with Gasteiger partial charge in [-0.15, -0.1) is 11.3 Å². The van der Waals surface area contributed by atoms with Crippen molar-refractivity contribution in [1.82, 2.24) is 14.8 Å². The van der Waals surface area contributed by atoms with Crippen LogP contribution in [0.15, 0.2) is 23.6 Å². The molecule has 2 heterocycles. The molecule has 7 heteroatoms. The minimum Gasteiger partial charge on any atom is -0.496 e. The molecule has 1 aromatic heterocycles. The Morgan fingerprint density at radius 1 is 1.25 bits per heavy atom. The zero-order chi connectivity index (χ0) is 20.3. The van der Waals surface area contributed by atoms with E-state index in [9.17, 15) is 4.79 Å². The number of amides is 1. The third-order valence-electron chi connectivity index (χ3n) is 4.89. The van der Waals surface area contributed by atoms with E-state index in [1.807, 2.05) is 17.0 Å². The SMILES string of the molecule is COc1ccc(Cl)cc1CC(=O)N1CCN(Cc2csc(C(C)(C)C)n2)CC1. The lowest BCUT2D eigenvalue weighted by molar-refractivity contribution is -0.132. The van der Waals surface area contributed by atoms with E-state index in [4.69, 9.17) is 21.3 Å². The van der Waals surface area contributed by atoms with Crippen molar-refractivity contribution in [3.63, 3.8) is 0 Å². The number of halogens is 1. The third kappa shape index (κ3) is 5.25. The van der Waals surface area contributed by atoms with Gasteiger partial charge in [-0.05, 0) is 18.2 Å². The normalized spacial score (nSPS) is 15.7. The summed E-state index contributed by atoms with van der Waals surface area (Å²) in [5.74, 6) is 0.818. The summed E-state index contributed by atoms with van der Waals surface area (Å²) in [7, 11) is 1.61. The Balaban J connectivity index is 1.53. The Morgan fingerprint density at radius 3 is 2.57 bits per heavy atom. The largest absolute Gasteiger partial charge is 0.496 e. The van der Waals surface area contributed by atoms with E-state index in [1.54, 1.807) is 24.5 Å². The van der Waals surface area contributed by atoms with Gasteiger partial charge >= 0.3 is 0 Å². The maximum absolute atomic E-state index is 12.7. The second-order valence-electron chi connectivity index (χ2n) is 8.18. The molecule has 1 aliphatic heterocycles. The molecule has 0 unspecified atom stereocenters. The number of methoxy groups -OCH3 is 1. The van der Waals surface area contributed by atoms with Crippen molar-refractivity contribution in [1.29, 1.82) is 0 Å². The maximum atomic E-state index is 12.7. The standard InChI is InChI=1S/C21H28ClN3O2S/c1-21(2,3)20-23-17(14-28-20)13-24-7-9-25(10-8-24)19(26)12-15-11-16(22)5-6-18(15)27-4/h5-6,11,14H,7-10,12-13H2,1-4H3. The van der Waals surface area contributed by atoms with Crippen LogP contribution < -0.4 is 4.74 Å². The minimum absolute atomic E-state index is 0.0927. The quantitative estimate of drug-likeness (QED) is 0.732. The highest BCUT2D eigenvalue weighted by molar-refractivity contribution is 7.09. The van der Waals surface area contributed by atoms with Gasteiger partial charge in [0.15, 0.2) is 0 Å². The van der Waals surface area contributed by atoms with Gasteiger partial charge in [0.05, 0.1) is 24.2 Å². The molecule has 1 saturated heterocycles. The van der Waals surface area contributed by atoms with E-state index >= 15 is 0 Å². The molecule has 0 aliphatic carbocycles. The Hall–Kier alpha value is -1.63. The first-order valence-corrected chi connectivity index (χ1v) is 10.8. The zero-order valence-electron chi connectivity index (χ0n) is 17.0. The molecule has 1 fully saturated rings. The second kappa shape index (κ2) is 8.80. The highest BCUT2D eigenvalue weighted by atomic mass is 35.5. The van der Waals surface area contributed by atoms with Gasteiger partial charge in [0.25, 0.3) is 0 Å². The lowest BCUT2D eigenvalue weighted by atomic mass is 9.98. The van der Waals surface area contributed by atoms with Crippen LogP contribution in [0, 0.1) is 0 Å². The lowest BCUT2D eigenvalue weighted by Gasteiger charge is -2.34. The molecule has 28 heavy (non-hydrogen) atoms. The van der Waals surface area contributed by atoms with Crippen LogP contribution in [-0.4, -0.2) is 54.0 Å². The molecule has 1 aromatic carbocycles. The summed E-state index contributed by atoms with van der Waals surface area (Å²) in [6, 6.07) is 5.39. The molecule has 5 nitrogen and oxygen atoms in total. The minimum atomic E-state index is 0.0927. The van der Waals surface area contributed by atoms with Gasteiger partial charge in [-0.25, -0.2) is 4.98 Å². The van der Waals surface area contributed by atoms with Crippen molar-refractivity contribution in [2.75, 3.05) is 33.3 Å². The number of aromatic nitrogens is 1. The molecule has 2 aromatic rings. The topological polar surface area (TPSA) is 45.7 Å². The smallest absolute Gasteiger partial charge is 0.227 e. The molecule has 0 spiro atoms. The van der Waals surface area contributed by atoms with Gasteiger partial charge < -0.3 is 9.64 Å². The number of nitrogens with zero attached hydrogens (tertiary/aromatic N) is 3. The first kappa shape index (κ1) is 21.1. The fraction of sp³-hybridized carbons (Fsp3) is 0.524. The van der Waals surface area contributed by atoms with E-state index in [1.165, 1.54) is 5.01 Å². The second-order valence-corrected chi connectivity index (χ2v) is 9.48. The number of carbonyl (C=O) groups excluding carboxylic acids is 1. The Bertz CT molecular complexity index is 823. The number of rotatable bonds is 5. The van der Waals surface area contributed by atoms with Gasteiger partial charge in [0.2, 0.25) is 5.91 Å². The summed E-state index contributed by atoms with van der Waals surface area (Å²) in [4.78, 5) is 21.8. The molecule has 152 valence electrons. The number of ether oxygens (including phenoxy) is 1. The Morgan fingerprint density at radius 2 is 1.96 bits per heavy atom. The zero-order valence-corrected chi connectivity index (χ0v) is 18.6. The van der Waals surface area contributed by atoms with Crippen molar-refractivity contribution in [2.24, 2.45) is 0 Å². The Labute approximate surface area is 176 Å². The van der Waals surface area contributed by atoms with E-state index < -0.39 is 0 Å². The molecular formula is C21H28ClN3O2S. The third-order valence-corrected chi connectivity index (χ3v) is 6.44. The summed E-state index contributed by atoms with van der Waals surface area (Å²) in [5, 5.41) is 3.95. The monoisotopic (exact) mass is 421 g/mol. The number of piperazine rings is 1. The van der Waals surface area contributed by atoms with E-state index in [0.29, 0.717) is 17.2 Å². The summed E-state index contributed by atoms with van der Waals surface area (Å²) in [5.41, 5.74) is 2.05. The number of hydrogen-bond donors (Lipinski definition) is 0. The van der Waals surface area contributed by atoms with Crippen LogP contribution in [0.4, 0.5) is 0 Å². The summed E-state index contributed by atoms with van der Waals surface area (Å²) in [6.45, 7) is 10.6. The summed E-state index contributed by atoms with van der Waals surface area (Å²) in [6.07, 6.45) is 0.310. The molecule has 1 aliphatic rings. The molecule has 0 saturated carbocycles. The number of carbonyl (C=O) groups is 1. The van der Waals surface area contributed by atoms with Crippen molar-refractivity contribution < 1.29 is 9.53 Å². The van der Waals surface area contributed by atoms with Crippen LogP contribution in [0.1, 0.15) is 37.0 Å². The van der Waals surface area contributed by atoms with Crippen LogP contribution in [0.3, 0.4) is 0 Å². The van der Waals surface area contributed by atoms with Gasteiger partial charge in [-0.2, -0.15) is 0 Å². The average Bonchev–Trinajstić information content (AvgIpc) is 3.11. The molecule has 0 atom stereocenters. The van der Waals surface area contributed by atoms with Crippen LogP contribution in [0.2, 0.25) is 5.02 Å². The van der Waals surface area contributed by atoms with E-state index in [-0.39, 0.29) is 11.3 Å². The number of benzene rings is 1. The van der Waals surface area contributed by atoms with Crippen LogP contribution in [0.5, 0.6) is 5.75 Å². The number of thiazole rings is 1. The maximum Gasteiger partial charge on any atom is 0.227 e. The predicted octanol–water partition coefficient (Wildman–Crippen LogP) is 3.99. The highest BCUT2D eigenvalue weighted by Crippen LogP contribution is 2.26. The van der Waals surface area contributed by atoms with Crippen molar-refractivity contribution in [3.8, 4) is 5.75 Å². The first-order valence-electron chi connectivity index (χ1n) is 9.53. The van der Waals surface area contributed by atoms with Crippen LogP contribution in [-0.2, 0) is 23.2 Å². The molecule has 0 bridgehead atoms. The van der Waals surface area contributed by atoms with E-state index in [0.717, 1.165) is 44.0 Å². The van der Waals surface area contributed by atoms with Crippen molar-refractivity contribution in [2.45, 2.75) is 39.2 Å². The molecule has 0 N–H and O–H groups in total. The average molecular weight is 422 g/mol. The molecule has 3 rings (SSSR count). The van der Waals surface area contributed by atoms with E-state index in [2.05, 4.69) is 31.1 Å².